The van der Waals surface area contributed by atoms with Gasteiger partial charge in [-0.2, -0.15) is 0 Å². The Bertz CT molecular complexity index is 476. The van der Waals surface area contributed by atoms with Crippen LogP contribution in [0.2, 0.25) is 0 Å². The van der Waals surface area contributed by atoms with Crippen LogP contribution in [-0.4, -0.2) is 43.5 Å². The first-order valence-electron chi connectivity index (χ1n) is 7.34. The summed E-state index contributed by atoms with van der Waals surface area (Å²) < 4.78 is 5.00. The van der Waals surface area contributed by atoms with E-state index in [0.717, 1.165) is 31.4 Å². The maximum atomic E-state index is 12.5. The van der Waals surface area contributed by atoms with Gasteiger partial charge in [0.25, 0.3) is 0 Å². The highest BCUT2D eigenvalue weighted by Gasteiger charge is 2.33. The molecule has 1 heterocycles. The Kier molecular flexibility index (Phi) is 5.75. The molecule has 1 saturated heterocycles. The third kappa shape index (κ3) is 4.29. The van der Waals surface area contributed by atoms with Crippen molar-refractivity contribution in [3.05, 3.63) is 35.9 Å². The van der Waals surface area contributed by atoms with Crippen LogP contribution in [-0.2, 0) is 14.3 Å². The summed E-state index contributed by atoms with van der Waals surface area (Å²) >= 11 is 0. The highest BCUT2D eigenvalue weighted by Crippen LogP contribution is 2.19. The van der Waals surface area contributed by atoms with Crippen molar-refractivity contribution < 1.29 is 14.3 Å². The van der Waals surface area contributed by atoms with Crippen molar-refractivity contribution >= 4 is 11.8 Å². The number of amides is 2. The van der Waals surface area contributed by atoms with E-state index in [4.69, 9.17) is 4.74 Å². The maximum absolute atomic E-state index is 12.5. The van der Waals surface area contributed by atoms with Gasteiger partial charge in [0, 0.05) is 20.3 Å². The van der Waals surface area contributed by atoms with Crippen LogP contribution in [0.5, 0.6) is 0 Å². The minimum Gasteiger partial charge on any atom is -0.385 e. The first-order valence-corrected chi connectivity index (χ1v) is 7.34. The van der Waals surface area contributed by atoms with Crippen molar-refractivity contribution in [1.29, 1.82) is 0 Å². The molecule has 1 aromatic carbocycles. The van der Waals surface area contributed by atoms with Gasteiger partial charge in [0.05, 0.1) is 6.54 Å². The Morgan fingerprint density at radius 1 is 1.19 bits per heavy atom. The Morgan fingerprint density at radius 3 is 2.67 bits per heavy atom. The van der Waals surface area contributed by atoms with Gasteiger partial charge in [0.2, 0.25) is 11.8 Å². The van der Waals surface area contributed by atoms with Crippen LogP contribution >= 0.6 is 0 Å². The van der Waals surface area contributed by atoms with Gasteiger partial charge in [-0.15, -0.1) is 0 Å². The molecule has 1 N–H and O–H groups in total. The highest BCUT2D eigenvalue weighted by molar-refractivity contribution is 5.95. The zero-order chi connectivity index (χ0) is 15.1. The molecule has 0 radical (unpaired) electrons. The largest absolute Gasteiger partial charge is 0.385 e. The van der Waals surface area contributed by atoms with Crippen LogP contribution in [0, 0.1) is 0 Å². The third-order valence-electron chi connectivity index (χ3n) is 3.61. The van der Waals surface area contributed by atoms with E-state index in [1.165, 1.54) is 0 Å². The number of carbonyl (C=O) groups excluding carboxylic acids is 2. The van der Waals surface area contributed by atoms with E-state index in [1.807, 2.05) is 30.3 Å². The zero-order valence-electron chi connectivity index (χ0n) is 12.4. The number of unbranched alkanes of at least 4 members (excludes halogenated alkanes) is 2. The first-order chi connectivity index (χ1) is 10.2. The molecule has 0 aliphatic carbocycles. The molecule has 1 unspecified atom stereocenters. The van der Waals surface area contributed by atoms with Crippen LogP contribution in [0.25, 0.3) is 0 Å². The lowest BCUT2D eigenvalue weighted by Crippen LogP contribution is -2.53. The second-order valence-electron chi connectivity index (χ2n) is 5.22. The van der Waals surface area contributed by atoms with Crippen molar-refractivity contribution in [2.45, 2.75) is 25.3 Å². The fourth-order valence-corrected chi connectivity index (χ4v) is 2.49. The number of nitrogens with one attached hydrogen (secondary N) is 1. The monoisotopic (exact) mass is 290 g/mol. The molecule has 2 rings (SSSR count). The van der Waals surface area contributed by atoms with E-state index < -0.39 is 6.04 Å². The molecular weight excluding hydrogens is 268 g/mol. The van der Waals surface area contributed by atoms with Gasteiger partial charge in [0.1, 0.15) is 6.04 Å². The molecule has 114 valence electrons. The fourth-order valence-electron chi connectivity index (χ4n) is 2.49. The Labute approximate surface area is 125 Å². The van der Waals surface area contributed by atoms with Crippen molar-refractivity contribution in [3.8, 4) is 0 Å². The average molecular weight is 290 g/mol. The van der Waals surface area contributed by atoms with E-state index in [2.05, 4.69) is 5.32 Å². The summed E-state index contributed by atoms with van der Waals surface area (Å²) in [6.07, 6.45) is 2.87. The van der Waals surface area contributed by atoms with Gasteiger partial charge in [0.15, 0.2) is 0 Å². The van der Waals surface area contributed by atoms with Gasteiger partial charge in [-0.3, -0.25) is 9.59 Å². The number of rotatable bonds is 7. The number of carbonyl (C=O) groups is 2. The number of ether oxygens (including phenoxy) is 1. The molecular formula is C16H22N2O3. The summed E-state index contributed by atoms with van der Waals surface area (Å²) in [5, 5.41) is 2.77. The summed E-state index contributed by atoms with van der Waals surface area (Å²) in [7, 11) is 1.68. The average Bonchev–Trinajstić information content (AvgIpc) is 2.51. The SMILES string of the molecule is COCCCCCN1CC(=O)NC(c2ccccc2)C1=O. The molecule has 0 saturated carbocycles. The highest BCUT2D eigenvalue weighted by atomic mass is 16.5. The van der Waals surface area contributed by atoms with Crippen LogP contribution in [0.1, 0.15) is 30.9 Å². The lowest BCUT2D eigenvalue weighted by atomic mass is 10.0. The van der Waals surface area contributed by atoms with Gasteiger partial charge in [-0.1, -0.05) is 30.3 Å². The van der Waals surface area contributed by atoms with Crippen molar-refractivity contribution in [1.82, 2.24) is 10.2 Å². The number of nitrogens with zero attached hydrogens (tertiary/aromatic N) is 1. The summed E-state index contributed by atoms with van der Waals surface area (Å²) in [6.45, 7) is 1.52. The van der Waals surface area contributed by atoms with E-state index in [9.17, 15) is 9.59 Å². The minimum absolute atomic E-state index is 0.0208. The number of methoxy groups -OCH3 is 1. The summed E-state index contributed by atoms with van der Waals surface area (Å²) in [5.74, 6) is -0.118. The topological polar surface area (TPSA) is 58.6 Å². The summed E-state index contributed by atoms with van der Waals surface area (Å²) in [4.78, 5) is 25.9. The van der Waals surface area contributed by atoms with E-state index in [-0.39, 0.29) is 18.4 Å². The third-order valence-corrected chi connectivity index (χ3v) is 3.61. The second-order valence-corrected chi connectivity index (χ2v) is 5.22. The van der Waals surface area contributed by atoms with Crippen LogP contribution in [0.15, 0.2) is 30.3 Å². The van der Waals surface area contributed by atoms with Crippen molar-refractivity contribution in [2.24, 2.45) is 0 Å². The van der Waals surface area contributed by atoms with Gasteiger partial charge < -0.3 is 15.0 Å². The predicted molar refractivity (Wildman–Crippen MR) is 79.6 cm³/mol. The lowest BCUT2D eigenvalue weighted by Gasteiger charge is -2.32. The fraction of sp³-hybridized carbons (Fsp3) is 0.500. The van der Waals surface area contributed by atoms with E-state index >= 15 is 0 Å². The van der Waals surface area contributed by atoms with Crippen LogP contribution in [0.4, 0.5) is 0 Å². The minimum atomic E-state index is -0.550. The summed E-state index contributed by atoms with van der Waals surface area (Å²) in [5.41, 5.74) is 0.833. The zero-order valence-corrected chi connectivity index (χ0v) is 12.4. The second kappa shape index (κ2) is 7.78. The molecule has 1 aromatic rings. The molecule has 1 aliphatic rings. The Morgan fingerprint density at radius 2 is 1.95 bits per heavy atom. The number of piperazine rings is 1. The molecule has 1 aliphatic heterocycles. The lowest BCUT2D eigenvalue weighted by molar-refractivity contribution is -0.144. The molecule has 1 fully saturated rings. The van der Waals surface area contributed by atoms with Crippen LogP contribution < -0.4 is 5.32 Å². The molecule has 0 bridgehead atoms. The van der Waals surface area contributed by atoms with Gasteiger partial charge in [-0.05, 0) is 24.8 Å². The van der Waals surface area contributed by atoms with Crippen molar-refractivity contribution in [3.63, 3.8) is 0 Å². The maximum Gasteiger partial charge on any atom is 0.250 e. The van der Waals surface area contributed by atoms with Gasteiger partial charge >= 0.3 is 0 Å². The molecule has 21 heavy (non-hydrogen) atoms. The van der Waals surface area contributed by atoms with E-state index in [0.29, 0.717) is 6.54 Å². The van der Waals surface area contributed by atoms with Gasteiger partial charge in [-0.25, -0.2) is 0 Å². The Hall–Kier alpha value is -1.88. The molecule has 1 atom stereocenters. The number of benzene rings is 1. The Balaban J connectivity index is 1.93. The smallest absolute Gasteiger partial charge is 0.250 e. The predicted octanol–water partition coefficient (Wildman–Crippen LogP) is 1.50. The van der Waals surface area contributed by atoms with E-state index in [1.54, 1.807) is 12.0 Å². The first kappa shape index (κ1) is 15.5. The molecule has 0 spiro atoms. The number of hydrogen-bond donors (Lipinski definition) is 1. The quantitative estimate of drug-likeness (QED) is 0.774. The standard InChI is InChI=1S/C16H22N2O3/c1-21-11-7-3-6-10-18-12-14(19)17-15(16(18)20)13-8-4-2-5-9-13/h2,4-5,8-9,15H,3,6-7,10-12H2,1H3,(H,17,19). The molecule has 2 amide bonds. The summed E-state index contributed by atoms with van der Waals surface area (Å²) in [6, 6.07) is 8.82. The number of hydrogen-bond acceptors (Lipinski definition) is 3. The molecule has 5 nitrogen and oxygen atoms in total. The van der Waals surface area contributed by atoms with Crippen LogP contribution in [0.3, 0.4) is 0 Å². The van der Waals surface area contributed by atoms with Crippen molar-refractivity contribution in [2.75, 3.05) is 26.8 Å². The molecule has 0 aromatic heterocycles. The molecule has 5 heteroatoms. The normalized spacial score (nSPS) is 18.7.